The number of imidazole rings is 1. The number of methoxy groups -OCH3 is 1. The fraction of sp³-hybridized carbons (Fsp3) is 0.0667. The van der Waals surface area contributed by atoms with Crippen LogP contribution in [0.5, 0.6) is 5.75 Å². The highest BCUT2D eigenvalue weighted by Gasteiger charge is 2.17. The lowest BCUT2D eigenvalue weighted by molar-refractivity contribution is 0.0691. The zero-order chi connectivity index (χ0) is 15.3. The Morgan fingerprint density at radius 1 is 1.45 bits per heavy atom. The van der Waals surface area contributed by atoms with Crippen molar-refractivity contribution in [3.05, 3.63) is 41.5 Å². The summed E-state index contributed by atoms with van der Waals surface area (Å²) in [5.74, 6) is 0.250. The number of ether oxygens (including phenoxy) is 1. The van der Waals surface area contributed by atoms with Crippen LogP contribution in [-0.4, -0.2) is 27.6 Å². The molecule has 6 nitrogen and oxygen atoms in total. The lowest BCUT2D eigenvalue weighted by Crippen LogP contribution is -1.95. The number of carboxylic acids is 1. The van der Waals surface area contributed by atoms with Crippen LogP contribution in [-0.2, 0) is 0 Å². The highest BCUT2D eigenvalue weighted by atomic mass is 32.1. The Hall–Kier alpha value is -2.80. The van der Waals surface area contributed by atoms with Gasteiger partial charge in [0, 0.05) is 17.0 Å². The maximum Gasteiger partial charge on any atom is 0.356 e. The quantitative estimate of drug-likeness (QED) is 0.626. The van der Waals surface area contributed by atoms with Crippen molar-refractivity contribution < 1.29 is 19.1 Å². The second-order valence-corrected chi connectivity index (χ2v) is 5.53. The number of carbonyl (C=O) groups is 1. The summed E-state index contributed by atoms with van der Waals surface area (Å²) in [4.78, 5) is 15.7. The molecule has 0 amide bonds. The van der Waals surface area contributed by atoms with E-state index in [9.17, 15) is 4.79 Å². The molecule has 4 aromatic rings. The molecule has 7 heteroatoms. The van der Waals surface area contributed by atoms with Crippen molar-refractivity contribution in [3.8, 4) is 17.2 Å². The average molecular weight is 314 g/mol. The number of aromatic nitrogens is 2. The molecule has 0 aliphatic carbocycles. The Balaban J connectivity index is 1.93. The number of furan rings is 1. The van der Waals surface area contributed by atoms with Crippen LogP contribution in [0.25, 0.3) is 27.4 Å². The predicted molar refractivity (Wildman–Crippen MR) is 81.8 cm³/mol. The molecule has 0 spiro atoms. The number of fused-ring (bicyclic) bond motifs is 2. The Labute approximate surface area is 128 Å². The van der Waals surface area contributed by atoms with E-state index >= 15 is 0 Å². The van der Waals surface area contributed by atoms with Crippen molar-refractivity contribution in [2.75, 3.05) is 7.11 Å². The molecule has 0 saturated heterocycles. The Morgan fingerprint density at radius 2 is 2.32 bits per heavy atom. The van der Waals surface area contributed by atoms with Gasteiger partial charge in [-0.05, 0) is 12.1 Å². The van der Waals surface area contributed by atoms with Crippen molar-refractivity contribution in [1.82, 2.24) is 9.38 Å². The maximum absolute atomic E-state index is 11.0. The summed E-state index contributed by atoms with van der Waals surface area (Å²) in [6, 6.07) is 7.56. The normalized spacial score (nSPS) is 11.3. The van der Waals surface area contributed by atoms with Crippen LogP contribution in [0.15, 0.2) is 40.3 Å². The second kappa shape index (κ2) is 4.60. The van der Waals surface area contributed by atoms with Gasteiger partial charge in [0.05, 0.1) is 7.11 Å². The van der Waals surface area contributed by atoms with Crippen molar-refractivity contribution >= 4 is 33.2 Å². The smallest absolute Gasteiger partial charge is 0.356 e. The molecule has 0 aliphatic rings. The molecular weight excluding hydrogens is 304 g/mol. The molecule has 0 radical (unpaired) electrons. The van der Waals surface area contributed by atoms with Gasteiger partial charge in [0.2, 0.25) is 0 Å². The van der Waals surface area contributed by atoms with E-state index in [0.717, 1.165) is 11.1 Å². The van der Waals surface area contributed by atoms with Crippen molar-refractivity contribution in [2.24, 2.45) is 0 Å². The van der Waals surface area contributed by atoms with Crippen LogP contribution in [0, 0.1) is 0 Å². The van der Waals surface area contributed by atoms with Gasteiger partial charge in [-0.25, -0.2) is 9.78 Å². The highest BCUT2D eigenvalue weighted by molar-refractivity contribution is 7.15. The largest absolute Gasteiger partial charge is 0.493 e. The number of hydrogen-bond donors (Lipinski definition) is 1. The van der Waals surface area contributed by atoms with Gasteiger partial charge >= 0.3 is 5.97 Å². The van der Waals surface area contributed by atoms with Gasteiger partial charge in [0.15, 0.2) is 27.7 Å². The van der Waals surface area contributed by atoms with Gasteiger partial charge in [-0.3, -0.25) is 4.40 Å². The molecule has 0 unspecified atom stereocenters. The van der Waals surface area contributed by atoms with E-state index in [1.54, 1.807) is 11.5 Å². The fourth-order valence-corrected chi connectivity index (χ4v) is 3.25. The summed E-state index contributed by atoms with van der Waals surface area (Å²) in [6.07, 6.45) is 1.49. The molecule has 22 heavy (non-hydrogen) atoms. The van der Waals surface area contributed by atoms with Crippen LogP contribution in [0.2, 0.25) is 0 Å². The van der Waals surface area contributed by atoms with Crippen molar-refractivity contribution in [1.29, 1.82) is 0 Å². The number of aromatic carboxylic acids is 1. The molecule has 0 saturated carbocycles. The molecule has 4 rings (SSSR count). The summed E-state index contributed by atoms with van der Waals surface area (Å²) >= 11 is 1.36. The van der Waals surface area contributed by atoms with Crippen LogP contribution >= 0.6 is 11.3 Å². The van der Waals surface area contributed by atoms with E-state index in [-0.39, 0.29) is 5.69 Å². The van der Waals surface area contributed by atoms with E-state index in [0.29, 0.717) is 22.1 Å². The van der Waals surface area contributed by atoms with E-state index in [1.807, 2.05) is 29.6 Å². The van der Waals surface area contributed by atoms with Crippen LogP contribution in [0.1, 0.15) is 10.5 Å². The lowest BCUT2D eigenvalue weighted by atomic mass is 10.2. The first-order chi connectivity index (χ1) is 10.7. The first-order valence-electron chi connectivity index (χ1n) is 6.44. The van der Waals surface area contributed by atoms with E-state index in [4.69, 9.17) is 14.3 Å². The number of carboxylic acid groups (broad SMARTS) is 1. The number of benzene rings is 1. The minimum atomic E-state index is -1.05. The third kappa shape index (κ3) is 1.79. The summed E-state index contributed by atoms with van der Waals surface area (Å²) in [7, 11) is 1.59. The third-order valence-corrected chi connectivity index (χ3v) is 4.25. The molecule has 0 fully saturated rings. The zero-order valence-corrected chi connectivity index (χ0v) is 12.3. The summed E-state index contributed by atoms with van der Waals surface area (Å²) < 4.78 is 12.9. The first-order valence-corrected chi connectivity index (χ1v) is 7.32. The van der Waals surface area contributed by atoms with Crippen LogP contribution in [0.4, 0.5) is 0 Å². The van der Waals surface area contributed by atoms with E-state index in [1.165, 1.54) is 17.5 Å². The summed E-state index contributed by atoms with van der Waals surface area (Å²) in [5.41, 5.74) is 1.44. The Kier molecular flexibility index (Phi) is 2.70. The number of nitrogens with zero attached hydrogens (tertiary/aromatic N) is 2. The minimum absolute atomic E-state index is 0.0155. The average Bonchev–Trinajstić information content (AvgIpc) is 3.18. The van der Waals surface area contributed by atoms with E-state index < -0.39 is 5.97 Å². The molecule has 3 aromatic heterocycles. The predicted octanol–water partition coefficient (Wildman–Crippen LogP) is 3.52. The second-order valence-electron chi connectivity index (χ2n) is 4.69. The standard InChI is InChI=1S/C15H10N2O4S/c1-20-11-4-2-3-8-5-12(21-13(8)11)10-7-22-15-16-9(14(18)19)6-17(10)15/h2-7H,1H3,(H,18,19). The zero-order valence-electron chi connectivity index (χ0n) is 11.4. The molecule has 1 aromatic carbocycles. The van der Waals surface area contributed by atoms with Crippen LogP contribution in [0.3, 0.4) is 0 Å². The van der Waals surface area contributed by atoms with Crippen LogP contribution < -0.4 is 4.74 Å². The van der Waals surface area contributed by atoms with Gasteiger partial charge in [-0.2, -0.15) is 0 Å². The Morgan fingerprint density at radius 3 is 3.09 bits per heavy atom. The van der Waals surface area contributed by atoms with E-state index in [2.05, 4.69) is 4.98 Å². The highest BCUT2D eigenvalue weighted by Crippen LogP contribution is 2.35. The number of para-hydroxylation sites is 1. The maximum atomic E-state index is 11.0. The minimum Gasteiger partial charge on any atom is -0.493 e. The lowest BCUT2D eigenvalue weighted by Gasteiger charge is -1.98. The summed E-state index contributed by atoms with van der Waals surface area (Å²) in [6.45, 7) is 0. The summed E-state index contributed by atoms with van der Waals surface area (Å²) in [5, 5.41) is 11.8. The Bertz CT molecular complexity index is 1010. The number of thiazole rings is 1. The topological polar surface area (TPSA) is 77.0 Å². The molecule has 110 valence electrons. The van der Waals surface area contributed by atoms with Gasteiger partial charge in [0.1, 0.15) is 5.69 Å². The van der Waals surface area contributed by atoms with Gasteiger partial charge in [0.25, 0.3) is 0 Å². The molecule has 3 heterocycles. The first kappa shape index (κ1) is 12.9. The molecule has 0 aliphatic heterocycles. The van der Waals surface area contributed by atoms with Crippen molar-refractivity contribution in [2.45, 2.75) is 0 Å². The fourth-order valence-electron chi connectivity index (χ4n) is 2.39. The third-order valence-electron chi connectivity index (χ3n) is 3.41. The molecule has 1 N–H and O–H groups in total. The van der Waals surface area contributed by atoms with Gasteiger partial charge < -0.3 is 14.3 Å². The number of rotatable bonds is 3. The molecule has 0 bridgehead atoms. The molecular formula is C15H10N2O4S. The monoisotopic (exact) mass is 314 g/mol. The number of hydrogen-bond acceptors (Lipinski definition) is 5. The molecule has 0 atom stereocenters. The van der Waals surface area contributed by atoms with Gasteiger partial charge in [-0.15, -0.1) is 11.3 Å². The van der Waals surface area contributed by atoms with Gasteiger partial charge in [-0.1, -0.05) is 12.1 Å². The SMILES string of the molecule is COc1cccc2cc(-c3csc4nc(C(=O)O)cn34)oc12. The van der Waals surface area contributed by atoms with Crippen molar-refractivity contribution in [3.63, 3.8) is 0 Å².